The number of hydrogen-bond donors (Lipinski definition) is 1. The van der Waals surface area contributed by atoms with Crippen molar-refractivity contribution in [1.29, 1.82) is 0 Å². The first kappa shape index (κ1) is 14.2. The summed E-state index contributed by atoms with van der Waals surface area (Å²) in [5, 5.41) is 4.40. The van der Waals surface area contributed by atoms with Gasteiger partial charge in [-0.3, -0.25) is 0 Å². The molecule has 0 spiro atoms. The van der Waals surface area contributed by atoms with Gasteiger partial charge in [0.1, 0.15) is 0 Å². The highest BCUT2D eigenvalue weighted by atomic mass is 79.9. The van der Waals surface area contributed by atoms with Crippen molar-refractivity contribution in [3.63, 3.8) is 0 Å². The minimum absolute atomic E-state index is 0.601. The first-order valence-corrected chi connectivity index (χ1v) is 7.81. The summed E-state index contributed by atoms with van der Waals surface area (Å²) in [4.78, 5) is 2.42. The fourth-order valence-electron chi connectivity index (χ4n) is 2.45. The van der Waals surface area contributed by atoms with Gasteiger partial charge in [0.2, 0.25) is 0 Å². The van der Waals surface area contributed by atoms with Gasteiger partial charge in [0, 0.05) is 19.1 Å². The third-order valence-electron chi connectivity index (χ3n) is 3.38. The topological polar surface area (TPSA) is 15.3 Å². The fourth-order valence-corrected chi connectivity index (χ4v) is 3.13. The van der Waals surface area contributed by atoms with Gasteiger partial charge in [0.25, 0.3) is 0 Å². The molecule has 1 aliphatic rings. The van der Waals surface area contributed by atoms with Gasteiger partial charge in [-0.15, -0.1) is 0 Å². The maximum absolute atomic E-state index is 6.16. The monoisotopic (exact) mass is 330 g/mol. The lowest BCUT2D eigenvalue weighted by molar-refractivity contribution is 0.423. The summed E-state index contributed by atoms with van der Waals surface area (Å²) in [5.41, 5.74) is 1.21. The summed E-state index contributed by atoms with van der Waals surface area (Å²) < 4.78 is 1.02. The van der Waals surface area contributed by atoms with E-state index in [1.807, 2.05) is 12.1 Å². The zero-order valence-corrected chi connectivity index (χ0v) is 13.1. The molecular weight excluding hydrogens is 312 g/mol. The molecule has 1 aromatic carbocycles. The van der Waals surface area contributed by atoms with E-state index in [2.05, 4.69) is 39.1 Å². The summed E-state index contributed by atoms with van der Waals surface area (Å²) in [5.74, 6) is 0. The van der Waals surface area contributed by atoms with Crippen molar-refractivity contribution in [2.45, 2.75) is 32.2 Å². The van der Waals surface area contributed by atoms with Crippen LogP contribution >= 0.6 is 27.5 Å². The van der Waals surface area contributed by atoms with E-state index in [0.717, 1.165) is 29.1 Å². The molecule has 1 heterocycles. The second-order valence-corrected chi connectivity index (χ2v) is 6.01. The number of benzene rings is 1. The zero-order valence-electron chi connectivity index (χ0n) is 10.8. The van der Waals surface area contributed by atoms with Crippen LogP contribution in [0.2, 0.25) is 5.02 Å². The van der Waals surface area contributed by atoms with Crippen LogP contribution in [0.25, 0.3) is 0 Å². The quantitative estimate of drug-likeness (QED) is 0.894. The molecule has 0 radical (unpaired) electrons. The molecule has 0 aliphatic carbocycles. The van der Waals surface area contributed by atoms with Gasteiger partial charge in [0.15, 0.2) is 0 Å². The van der Waals surface area contributed by atoms with Gasteiger partial charge in [-0.1, -0.05) is 24.6 Å². The number of piperidine rings is 1. The Hall–Kier alpha value is -0.250. The fraction of sp³-hybridized carbons (Fsp3) is 0.571. The Balaban J connectivity index is 2.06. The SMILES string of the molecule is CCCNC1CCCN(c2cccc(Cl)c2Br)C1. The van der Waals surface area contributed by atoms with Crippen molar-refractivity contribution in [1.82, 2.24) is 5.32 Å². The number of rotatable bonds is 4. The molecule has 18 heavy (non-hydrogen) atoms. The van der Waals surface area contributed by atoms with Gasteiger partial charge < -0.3 is 10.2 Å². The Morgan fingerprint density at radius 3 is 3.11 bits per heavy atom. The van der Waals surface area contributed by atoms with E-state index in [9.17, 15) is 0 Å². The Morgan fingerprint density at radius 1 is 1.50 bits per heavy atom. The zero-order chi connectivity index (χ0) is 13.0. The Kier molecular flexibility index (Phi) is 5.34. The van der Waals surface area contributed by atoms with Gasteiger partial charge in [-0.05, 0) is 53.9 Å². The molecule has 0 bridgehead atoms. The third kappa shape index (κ3) is 3.40. The van der Waals surface area contributed by atoms with Crippen molar-refractivity contribution in [3.8, 4) is 0 Å². The molecule has 1 aliphatic heterocycles. The van der Waals surface area contributed by atoms with Gasteiger partial charge >= 0.3 is 0 Å². The van der Waals surface area contributed by atoms with Crippen molar-refractivity contribution in [2.24, 2.45) is 0 Å². The van der Waals surface area contributed by atoms with Crippen LogP contribution in [0.5, 0.6) is 0 Å². The van der Waals surface area contributed by atoms with Crippen LogP contribution in [0, 0.1) is 0 Å². The Labute approximate surface area is 123 Å². The summed E-state index contributed by atoms with van der Waals surface area (Å²) in [6.07, 6.45) is 3.70. The lowest BCUT2D eigenvalue weighted by atomic mass is 10.0. The maximum atomic E-state index is 6.16. The van der Waals surface area contributed by atoms with E-state index < -0.39 is 0 Å². The molecule has 1 fully saturated rings. The van der Waals surface area contributed by atoms with Crippen molar-refractivity contribution < 1.29 is 0 Å². The molecule has 1 aromatic rings. The van der Waals surface area contributed by atoms with E-state index in [1.54, 1.807) is 0 Å². The second-order valence-electron chi connectivity index (χ2n) is 4.81. The summed E-state index contributed by atoms with van der Waals surface area (Å²) >= 11 is 9.76. The van der Waals surface area contributed by atoms with Crippen molar-refractivity contribution in [3.05, 3.63) is 27.7 Å². The predicted octanol–water partition coefficient (Wildman–Crippen LogP) is 4.07. The highest BCUT2D eigenvalue weighted by Crippen LogP contribution is 2.34. The van der Waals surface area contributed by atoms with Gasteiger partial charge in [-0.25, -0.2) is 0 Å². The summed E-state index contributed by atoms with van der Waals surface area (Å²) in [7, 11) is 0. The maximum Gasteiger partial charge on any atom is 0.0595 e. The lowest BCUT2D eigenvalue weighted by Crippen LogP contribution is -2.46. The first-order chi connectivity index (χ1) is 8.72. The largest absolute Gasteiger partial charge is 0.369 e. The van der Waals surface area contributed by atoms with Crippen LogP contribution in [0.1, 0.15) is 26.2 Å². The molecule has 0 amide bonds. The molecule has 4 heteroatoms. The molecule has 2 rings (SSSR count). The van der Waals surface area contributed by atoms with E-state index in [0.29, 0.717) is 6.04 Å². The molecule has 2 nitrogen and oxygen atoms in total. The predicted molar refractivity (Wildman–Crippen MR) is 82.7 cm³/mol. The van der Waals surface area contributed by atoms with Crippen LogP contribution in [-0.4, -0.2) is 25.7 Å². The molecule has 1 saturated heterocycles. The normalized spacial score (nSPS) is 20.2. The molecular formula is C14H20BrClN2. The van der Waals surface area contributed by atoms with Crippen LogP contribution in [0.4, 0.5) is 5.69 Å². The smallest absolute Gasteiger partial charge is 0.0595 e. The molecule has 0 saturated carbocycles. The molecule has 1 atom stereocenters. The average molecular weight is 332 g/mol. The molecule has 0 aromatic heterocycles. The third-order valence-corrected chi connectivity index (χ3v) is 4.75. The minimum Gasteiger partial charge on any atom is -0.369 e. The van der Waals surface area contributed by atoms with Crippen LogP contribution in [0.15, 0.2) is 22.7 Å². The van der Waals surface area contributed by atoms with Crippen LogP contribution < -0.4 is 10.2 Å². The van der Waals surface area contributed by atoms with Crippen LogP contribution in [-0.2, 0) is 0 Å². The minimum atomic E-state index is 0.601. The number of nitrogens with zero attached hydrogens (tertiary/aromatic N) is 1. The van der Waals surface area contributed by atoms with Crippen LogP contribution in [0.3, 0.4) is 0 Å². The highest BCUT2D eigenvalue weighted by Gasteiger charge is 2.21. The molecule has 1 N–H and O–H groups in total. The van der Waals surface area contributed by atoms with E-state index >= 15 is 0 Å². The molecule has 1 unspecified atom stereocenters. The van der Waals surface area contributed by atoms with Gasteiger partial charge in [0.05, 0.1) is 15.2 Å². The van der Waals surface area contributed by atoms with Gasteiger partial charge in [-0.2, -0.15) is 0 Å². The lowest BCUT2D eigenvalue weighted by Gasteiger charge is -2.35. The summed E-state index contributed by atoms with van der Waals surface area (Å²) in [6, 6.07) is 6.68. The van der Waals surface area contributed by atoms with E-state index in [4.69, 9.17) is 11.6 Å². The number of hydrogen-bond acceptors (Lipinski definition) is 2. The number of nitrogens with one attached hydrogen (secondary N) is 1. The number of halogens is 2. The average Bonchev–Trinajstić information content (AvgIpc) is 2.40. The van der Waals surface area contributed by atoms with Crippen molar-refractivity contribution in [2.75, 3.05) is 24.5 Å². The van der Waals surface area contributed by atoms with E-state index in [1.165, 1.54) is 24.9 Å². The second kappa shape index (κ2) is 6.78. The number of anilines is 1. The van der Waals surface area contributed by atoms with E-state index in [-0.39, 0.29) is 0 Å². The first-order valence-electron chi connectivity index (χ1n) is 6.64. The Morgan fingerprint density at radius 2 is 2.33 bits per heavy atom. The van der Waals surface area contributed by atoms with Crippen molar-refractivity contribution >= 4 is 33.2 Å². The Bertz CT molecular complexity index is 397. The molecule has 100 valence electrons. The standard InChI is InChI=1S/C14H20BrClN2/c1-2-8-17-11-5-4-9-18(10-11)13-7-3-6-12(16)14(13)15/h3,6-7,11,17H,2,4-5,8-10H2,1H3. The summed E-state index contributed by atoms with van der Waals surface area (Å²) in [6.45, 7) is 5.50. The highest BCUT2D eigenvalue weighted by molar-refractivity contribution is 9.10.